The Morgan fingerprint density at radius 2 is 2.31 bits per heavy atom. The normalized spacial score (nSPS) is 28.5. The van der Waals surface area contributed by atoms with Crippen LogP contribution in [0.15, 0.2) is 0 Å². The van der Waals surface area contributed by atoms with Crippen molar-refractivity contribution in [2.45, 2.75) is 32.6 Å². The molecule has 1 saturated carbocycles. The number of esters is 1. The summed E-state index contributed by atoms with van der Waals surface area (Å²) < 4.78 is 4.95. The Kier molecular flexibility index (Phi) is 4.22. The van der Waals surface area contributed by atoms with Gasteiger partial charge in [-0.05, 0) is 32.1 Å². The van der Waals surface area contributed by atoms with E-state index in [1.54, 1.807) is 0 Å². The van der Waals surface area contributed by atoms with Gasteiger partial charge in [0.05, 0.1) is 12.5 Å². The molecule has 3 nitrogen and oxygen atoms in total. The molecule has 76 valence electrons. The zero-order valence-electron chi connectivity index (χ0n) is 8.16. The van der Waals surface area contributed by atoms with E-state index in [0.29, 0.717) is 12.5 Å². The number of ether oxygens (including phenoxy) is 1. The third kappa shape index (κ3) is 2.99. The van der Waals surface area contributed by atoms with E-state index < -0.39 is 0 Å². The predicted molar refractivity (Wildman–Crippen MR) is 49.2 cm³/mol. The topological polar surface area (TPSA) is 46.5 Å². The lowest BCUT2D eigenvalue weighted by Gasteiger charge is -2.26. The number of carbonyl (C=O) groups is 1. The molecule has 1 fully saturated rings. The molecule has 0 aliphatic heterocycles. The fourth-order valence-corrected chi connectivity index (χ4v) is 1.93. The van der Waals surface area contributed by atoms with Crippen LogP contribution in [0.25, 0.3) is 0 Å². The van der Waals surface area contributed by atoms with E-state index in [1.165, 1.54) is 0 Å². The van der Waals surface area contributed by atoms with Gasteiger partial charge in [0.2, 0.25) is 0 Å². The van der Waals surface area contributed by atoms with E-state index in [4.69, 9.17) is 9.84 Å². The van der Waals surface area contributed by atoms with Crippen molar-refractivity contribution in [2.75, 3.05) is 13.2 Å². The second-order valence-corrected chi connectivity index (χ2v) is 3.66. The molecule has 3 heteroatoms. The molecule has 0 aromatic rings. The third-order valence-electron chi connectivity index (χ3n) is 2.66. The molecule has 1 aliphatic rings. The zero-order chi connectivity index (χ0) is 9.68. The van der Waals surface area contributed by atoms with Gasteiger partial charge in [0.1, 0.15) is 0 Å². The van der Waals surface area contributed by atoms with Crippen LogP contribution >= 0.6 is 0 Å². The molecule has 2 atom stereocenters. The molecular formula is C10H18O3. The highest BCUT2D eigenvalue weighted by atomic mass is 16.5. The molecule has 1 aliphatic carbocycles. The van der Waals surface area contributed by atoms with Crippen LogP contribution in [-0.4, -0.2) is 24.3 Å². The predicted octanol–water partition coefficient (Wildman–Crippen LogP) is 1.35. The van der Waals surface area contributed by atoms with Crippen LogP contribution in [0.4, 0.5) is 0 Å². The van der Waals surface area contributed by atoms with Crippen molar-refractivity contribution < 1.29 is 14.6 Å². The van der Waals surface area contributed by atoms with Gasteiger partial charge in [-0.2, -0.15) is 0 Å². The van der Waals surface area contributed by atoms with Crippen LogP contribution in [0.1, 0.15) is 32.6 Å². The van der Waals surface area contributed by atoms with E-state index in [-0.39, 0.29) is 18.5 Å². The SMILES string of the molecule is CCOC(=O)[C@H]1CCC[C@@H](CO)C1. The molecule has 0 amide bonds. The summed E-state index contributed by atoms with van der Waals surface area (Å²) in [5.74, 6) is 0.259. The smallest absolute Gasteiger partial charge is 0.308 e. The fraction of sp³-hybridized carbons (Fsp3) is 0.900. The van der Waals surface area contributed by atoms with Crippen LogP contribution in [0.3, 0.4) is 0 Å². The number of hydrogen-bond donors (Lipinski definition) is 1. The maximum Gasteiger partial charge on any atom is 0.308 e. The molecule has 0 bridgehead atoms. The molecule has 0 unspecified atom stereocenters. The number of rotatable bonds is 3. The summed E-state index contributed by atoms with van der Waals surface area (Å²) in [6.07, 6.45) is 3.81. The van der Waals surface area contributed by atoms with E-state index in [9.17, 15) is 4.79 Å². The summed E-state index contributed by atoms with van der Waals surface area (Å²) in [5.41, 5.74) is 0. The molecule has 13 heavy (non-hydrogen) atoms. The summed E-state index contributed by atoms with van der Waals surface area (Å²) in [4.78, 5) is 11.4. The molecular weight excluding hydrogens is 168 g/mol. The van der Waals surface area contributed by atoms with Crippen LogP contribution in [-0.2, 0) is 9.53 Å². The second kappa shape index (κ2) is 5.22. The van der Waals surface area contributed by atoms with Crippen molar-refractivity contribution in [3.63, 3.8) is 0 Å². The van der Waals surface area contributed by atoms with Crippen LogP contribution in [0.5, 0.6) is 0 Å². The van der Waals surface area contributed by atoms with E-state index in [0.717, 1.165) is 25.7 Å². The standard InChI is InChI=1S/C10H18O3/c1-2-13-10(12)9-5-3-4-8(6-9)7-11/h8-9,11H,2-7H2,1H3/t8-,9+/m1/s1. The van der Waals surface area contributed by atoms with Gasteiger partial charge in [-0.25, -0.2) is 0 Å². The van der Waals surface area contributed by atoms with Crippen molar-refractivity contribution >= 4 is 5.97 Å². The molecule has 1 N–H and O–H groups in total. The van der Waals surface area contributed by atoms with E-state index >= 15 is 0 Å². The molecule has 0 aromatic heterocycles. The largest absolute Gasteiger partial charge is 0.466 e. The van der Waals surface area contributed by atoms with Crippen molar-refractivity contribution in [3.05, 3.63) is 0 Å². The number of aliphatic hydroxyl groups is 1. The summed E-state index contributed by atoms with van der Waals surface area (Å²) in [5, 5.41) is 8.97. The Bertz CT molecular complexity index is 168. The van der Waals surface area contributed by atoms with Crippen LogP contribution < -0.4 is 0 Å². The fourth-order valence-electron chi connectivity index (χ4n) is 1.93. The molecule has 0 radical (unpaired) electrons. The van der Waals surface area contributed by atoms with Crippen molar-refractivity contribution in [1.82, 2.24) is 0 Å². The maximum absolute atomic E-state index is 11.4. The minimum Gasteiger partial charge on any atom is -0.466 e. The Morgan fingerprint density at radius 1 is 1.54 bits per heavy atom. The monoisotopic (exact) mass is 186 g/mol. The van der Waals surface area contributed by atoms with Gasteiger partial charge in [0, 0.05) is 6.61 Å². The quantitative estimate of drug-likeness (QED) is 0.677. The van der Waals surface area contributed by atoms with E-state index in [2.05, 4.69) is 0 Å². The maximum atomic E-state index is 11.4. The summed E-state index contributed by atoms with van der Waals surface area (Å²) in [7, 11) is 0. The molecule has 0 heterocycles. The van der Waals surface area contributed by atoms with Crippen LogP contribution in [0, 0.1) is 11.8 Å². The highest BCUT2D eigenvalue weighted by Crippen LogP contribution is 2.29. The average Bonchev–Trinajstić information content (AvgIpc) is 2.18. The first-order valence-electron chi connectivity index (χ1n) is 5.05. The Balaban J connectivity index is 2.37. The van der Waals surface area contributed by atoms with E-state index in [1.807, 2.05) is 6.92 Å². The lowest BCUT2D eigenvalue weighted by Crippen LogP contribution is -2.26. The number of aliphatic hydroxyl groups excluding tert-OH is 1. The summed E-state index contributed by atoms with van der Waals surface area (Å²) in [6, 6.07) is 0. The summed E-state index contributed by atoms with van der Waals surface area (Å²) >= 11 is 0. The lowest BCUT2D eigenvalue weighted by atomic mass is 9.82. The molecule has 0 spiro atoms. The first-order chi connectivity index (χ1) is 6.27. The minimum absolute atomic E-state index is 0.0332. The second-order valence-electron chi connectivity index (χ2n) is 3.66. The van der Waals surface area contributed by atoms with Gasteiger partial charge >= 0.3 is 5.97 Å². The first kappa shape index (κ1) is 10.5. The van der Waals surface area contributed by atoms with Crippen molar-refractivity contribution in [2.24, 2.45) is 11.8 Å². The molecule has 0 saturated heterocycles. The van der Waals surface area contributed by atoms with Gasteiger partial charge in [-0.1, -0.05) is 6.42 Å². The lowest BCUT2D eigenvalue weighted by molar-refractivity contribution is -0.149. The highest BCUT2D eigenvalue weighted by Gasteiger charge is 2.27. The van der Waals surface area contributed by atoms with Crippen LogP contribution in [0.2, 0.25) is 0 Å². The van der Waals surface area contributed by atoms with Crippen molar-refractivity contribution in [3.8, 4) is 0 Å². The van der Waals surface area contributed by atoms with Gasteiger partial charge in [0.25, 0.3) is 0 Å². The van der Waals surface area contributed by atoms with Gasteiger partial charge < -0.3 is 9.84 Å². The molecule has 1 rings (SSSR count). The average molecular weight is 186 g/mol. The Hall–Kier alpha value is -0.570. The number of carbonyl (C=O) groups excluding carboxylic acids is 1. The van der Waals surface area contributed by atoms with Gasteiger partial charge in [-0.3, -0.25) is 4.79 Å². The summed E-state index contributed by atoms with van der Waals surface area (Å²) in [6.45, 7) is 2.49. The minimum atomic E-state index is -0.0827. The highest BCUT2D eigenvalue weighted by molar-refractivity contribution is 5.72. The van der Waals surface area contributed by atoms with Gasteiger partial charge in [-0.15, -0.1) is 0 Å². The van der Waals surface area contributed by atoms with Gasteiger partial charge in [0.15, 0.2) is 0 Å². The Morgan fingerprint density at radius 3 is 2.92 bits per heavy atom. The number of hydrogen-bond acceptors (Lipinski definition) is 3. The Labute approximate surface area is 79.1 Å². The van der Waals surface area contributed by atoms with Crippen molar-refractivity contribution in [1.29, 1.82) is 0 Å². The first-order valence-corrected chi connectivity index (χ1v) is 5.05. The zero-order valence-corrected chi connectivity index (χ0v) is 8.16. The molecule has 0 aromatic carbocycles. The third-order valence-corrected chi connectivity index (χ3v) is 2.66.